The molecular formula is C13H10N2O3. The van der Waals surface area contributed by atoms with Crippen LogP contribution in [-0.2, 0) is 0 Å². The van der Waals surface area contributed by atoms with E-state index in [4.69, 9.17) is 4.42 Å². The largest absolute Gasteiger partial charge is 0.506 e. The molecule has 3 aromatic rings. The van der Waals surface area contributed by atoms with Crippen LogP contribution in [0.15, 0.2) is 45.9 Å². The van der Waals surface area contributed by atoms with Gasteiger partial charge in [-0.25, -0.2) is 9.48 Å². The van der Waals surface area contributed by atoms with Crippen LogP contribution in [0, 0.1) is 6.92 Å². The second-order valence-electron chi connectivity index (χ2n) is 4.04. The van der Waals surface area contributed by atoms with Gasteiger partial charge in [0, 0.05) is 29.9 Å². The quantitative estimate of drug-likeness (QED) is 0.662. The Morgan fingerprint density at radius 2 is 2.17 bits per heavy atom. The van der Waals surface area contributed by atoms with E-state index in [1.165, 1.54) is 12.1 Å². The lowest BCUT2D eigenvalue weighted by atomic mass is 10.1. The van der Waals surface area contributed by atoms with E-state index in [0.29, 0.717) is 11.3 Å². The van der Waals surface area contributed by atoms with Gasteiger partial charge in [0.25, 0.3) is 0 Å². The summed E-state index contributed by atoms with van der Waals surface area (Å²) in [5.41, 5.74) is 1.29. The molecule has 2 heterocycles. The van der Waals surface area contributed by atoms with Gasteiger partial charge in [0.15, 0.2) is 0 Å². The topological polar surface area (TPSA) is 68.3 Å². The van der Waals surface area contributed by atoms with E-state index in [2.05, 4.69) is 5.10 Å². The van der Waals surface area contributed by atoms with E-state index >= 15 is 0 Å². The summed E-state index contributed by atoms with van der Waals surface area (Å²) in [7, 11) is 0. The van der Waals surface area contributed by atoms with Crippen molar-refractivity contribution < 1.29 is 9.52 Å². The first-order valence-corrected chi connectivity index (χ1v) is 5.42. The minimum atomic E-state index is -0.425. The Balaban J connectivity index is 2.37. The van der Waals surface area contributed by atoms with Gasteiger partial charge in [-0.15, -0.1) is 0 Å². The van der Waals surface area contributed by atoms with Crippen LogP contribution in [0.3, 0.4) is 0 Å². The summed E-state index contributed by atoms with van der Waals surface area (Å²) in [5.74, 6) is 0.0138. The van der Waals surface area contributed by atoms with Crippen molar-refractivity contribution in [1.82, 2.24) is 9.78 Å². The van der Waals surface area contributed by atoms with Crippen LogP contribution in [-0.4, -0.2) is 14.9 Å². The lowest BCUT2D eigenvalue weighted by molar-refractivity contribution is 0.468. The number of fused-ring (bicyclic) bond motifs is 1. The molecule has 0 atom stereocenters. The van der Waals surface area contributed by atoms with Gasteiger partial charge in [0.1, 0.15) is 17.0 Å². The third-order valence-electron chi connectivity index (χ3n) is 2.80. The lowest BCUT2D eigenvalue weighted by Crippen LogP contribution is -2.00. The molecular weight excluding hydrogens is 232 g/mol. The van der Waals surface area contributed by atoms with Crippen molar-refractivity contribution >= 4 is 11.0 Å². The first kappa shape index (κ1) is 10.6. The molecule has 0 aliphatic heterocycles. The number of phenolic OH excluding ortho intramolecular Hbond substituents is 1. The highest BCUT2D eigenvalue weighted by molar-refractivity contribution is 5.84. The Morgan fingerprint density at radius 1 is 1.33 bits per heavy atom. The normalized spacial score (nSPS) is 10.9. The molecule has 0 amide bonds. The zero-order valence-electron chi connectivity index (χ0n) is 9.62. The Labute approximate surface area is 102 Å². The number of nitrogens with zero attached hydrogens (tertiary/aromatic N) is 2. The third-order valence-corrected chi connectivity index (χ3v) is 2.80. The van der Waals surface area contributed by atoms with Crippen LogP contribution in [0.2, 0.25) is 0 Å². The van der Waals surface area contributed by atoms with Gasteiger partial charge in [-0.3, -0.25) is 0 Å². The van der Waals surface area contributed by atoms with Gasteiger partial charge >= 0.3 is 5.63 Å². The van der Waals surface area contributed by atoms with E-state index in [9.17, 15) is 9.90 Å². The highest BCUT2D eigenvalue weighted by Gasteiger charge is 2.10. The van der Waals surface area contributed by atoms with Gasteiger partial charge in [0.05, 0.1) is 0 Å². The van der Waals surface area contributed by atoms with Crippen LogP contribution in [0.1, 0.15) is 5.56 Å². The molecule has 0 aliphatic rings. The predicted octanol–water partition coefficient (Wildman–Crippen LogP) is 1.99. The smallest absolute Gasteiger partial charge is 0.336 e. The van der Waals surface area contributed by atoms with Gasteiger partial charge in [-0.1, -0.05) is 0 Å². The van der Waals surface area contributed by atoms with Crippen LogP contribution in [0.4, 0.5) is 0 Å². The van der Waals surface area contributed by atoms with Gasteiger partial charge in [-0.2, -0.15) is 5.10 Å². The van der Waals surface area contributed by atoms with Crippen LogP contribution in [0.25, 0.3) is 16.7 Å². The molecule has 0 radical (unpaired) electrons. The van der Waals surface area contributed by atoms with Gasteiger partial charge in [0.2, 0.25) is 0 Å². The molecule has 2 aromatic heterocycles. The standard InChI is InChI=1S/C13H10N2O3/c1-8-5-13(17)18-12-7-11(16)10(6-9(8)12)15-4-2-3-14-15/h2-7,16H,1H3. The summed E-state index contributed by atoms with van der Waals surface area (Å²) in [6.07, 6.45) is 3.36. The number of rotatable bonds is 1. The maximum atomic E-state index is 11.3. The molecule has 3 rings (SSSR count). The zero-order chi connectivity index (χ0) is 12.7. The summed E-state index contributed by atoms with van der Waals surface area (Å²) >= 11 is 0. The molecule has 0 aliphatic carbocycles. The van der Waals surface area contributed by atoms with E-state index < -0.39 is 5.63 Å². The molecule has 90 valence electrons. The molecule has 5 heteroatoms. The van der Waals surface area contributed by atoms with E-state index in [1.54, 1.807) is 29.2 Å². The highest BCUT2D eigenvalue weighted by atomic mass is 16.4. The monoisotopic (exact) mass is 242 g/mol. The van der Waals surface area contributed by atoms with Crippen molar-refractivity contribution in [1.29, 1.82) is 0 Å². The number of aromatic hydroxyl groups is 1. The summed E-state index contributed by atoms with van der Waals surface area (Å²) in [6, 6.07) is 6.37. The van der Waals surface area contributed by atoms with E-state index in [-0.39, 0.29) is 5.75 Å². The minimum absolute atomic E-state index is 0.0138. The maximum absolute atomic E-state index is 11.3. The average molecular weight is 242 g/mol. The van der Waals surface area contributed by atoms with Crippen molar-refractivity contribution in [3.05, 3.63) is 52.6 Å². The first-order chi connectivity index (χ1) is 8.65. The molecule has 0 fully saturated rings. The minimum Gasteiger partial charge on any atom is -0.506 e. The molecule has 0 unspecified atom stereocenters. The van der Waals surface area contributed by atoms with E-state index in [0.717, 1.165) is 10.9 Å². The SMILES string of the molecule is Cc1cc(=O)oc2cc(O)c(-n3cccn3)cc12. The summed E-state index contributed by atoms with van der Waals surface area (Å²) in [6.45, 7) is 1.82. The number of phenols is 1. The molecule has 0 bridgehead atoms. The first-order valence-electron chi connectivity index (χ1n) is 5.42. The van der Waals surface area contributed by atoms with Crippen LogP contribution >= 0.6 is 0 Å². The maximum Gasteiger partial charge on any atom is 0.336 e. The van der Waals surface area contributed by atoms with Crippen molar-refractivity contribution in [3.8, 4) is 11.4 Å². The fraction of sp³-hybridized carbons (Fsp3) is 0.0769. The Morgan fingerprint density at radius 3 is 2.89 bits per heavy atom. The van der Waals surface area contributed by atoms with Crippen molar-refractivity contribution in [3.63, 3.8) is 0 Å². The Hall–Kier alpha value is -2.56. The molecule has 5 nitrogen and oxygen atoms in total. The summed E-state index contributed by atoms with van der Waals surface area (Å²) in [4.78, 5) is 11.3. The number of aromatic nitrogens is 2. The summed E-state index contributed by atoms with van der Waals surface area (Å²) < 4.78 is 6.61. The molecule has 0 saturated carbocycles. The fourth-order valence-corrected chi connectivity index (χ4v) is 1.94. The number of aryl methyl sites for hydroxylation is 1. The van der Waals surface area contributed by atoms with Crippen LogP contribution < -0.4 is 5.63 Å². The second kappa shape index (κ2) is 3.73. The third kappa shape index (κ3) is 1.57. The predicted molar refractivity (Wildman–Crippen MR) is 66.0 cm³/mol. The second-order valence-corrected chi connectivity index (χ2v) is 4.04. The van der Waals surface area contributed by atoms with Crippen molar-refractivity contribution in [2.75, 3.05) is 0 Å². The molecule has 1 aromatic carbocycles. The molecule has 1 N–H and O–H groups in total. The highest BCUT2D eigenvalue weighted by Crippen LogP contribution is 2.28. The van der Waals surface area contributed by atoms with Gasteiger partial charge < -0.3 is 9.52 Å². The van der Waals surface area contributed by atoms with E-state index in [1.807, 2.05) is 6.92 Å². The Kier molecular flexibility index (Phi) is 2.19. The molecule has 0 saturated heterocycles. The summed E-state index contributed by atoms with van der Waals surface area (Å²) in [5, 5.41) is 14.8. The fourth-order valence-electron chi connectivity index (χ4n) is 1.94. The van der Waals surface area contributed by atoms with Gasteiger partial charge in [-0.05, 0) is 24.6 Å². The molecule has 0 spiro atoms. The zero-order valence-corrected chi connectivity index (χ0v) is 9.62. The number of benzene rings is 1. The van der Waals surface area contributed by atoms with Crippen molar-refractivity contribution in [2.24, 2.45) is 0 Å². The molecule has 18 heavy (non-hydrogen) atoms. The number of hydrogen-bond acceptors (Lipinski definition) is 4. The Bertz CT molecular complexity index is 773. The van der Waals surface area contributed by atoms with Crippen molar-refractivity contribution in [2.45, 2.75) is 6.92 Å². The number of hydrogen-bond donors (Lipinski definition) is 1. The lowest BCUT2D eigenvalue weighted by Gasteiger charge is -2.07. The average Bonchev–Trinajstić information content (AvgIpc) is 2.81. The van der Waals surface area contributed by atoms with Crippen LogP contribution in [0.5, 0.6) is 5.75 Å².